The molecule has 0 aromatic heterocycles. The Morgan fingerprint density at radius 2 is 1.96 bits per heavy atom. The molecule has 6 nitrogen and oxygen atoms in total. The molecular formula is C16H23NO5S. The Morgan fingerprint density at radius 1 is 1.26 bits per heavy atom. The van der Waals surface area contributed by atoms with Crippen molar-refractivity contribution in [2.45, 2.75) is 38.0 Å². The van der Waals surface area contributed by atoms with Crippen LogP contribution in [0.4, 0.5) is 0 Å². The molecule has 1 atom stereocenters. The number of hydrogen-bond donors (Lipinski definition) is 2. The van der Waals surface area contributed by atoms with Crippen molar-refractivity contribution in [3.8, 4) is 0 Å². The van der Waals surface area contributed by atoms with Gasteiger partial charge in [-0.1, -0.05) is 32.4 Å². The largest absolute Gasteiger partial charge is 0.481 e. The van der Waals surface area contributed by atoms with Crippen LogP contribution in [0.1, 0.15) is 32.3 Å². The van der Waals surface area contributed by atoms with E-state index in [-0.39, 0.29) is 29.5 Å². The van der Waals surface area contributed by atoms with Gasteiger partial charge in [-0.3, -0.25) is 9.59 Å². The van der Waals surface area contributed by atoms with E-state index in [0.717, 1.165) is 6.42 Å². The van der Waals surface area contributed by atoms with Crippen molar-refractivity contribution in [3.63, 3.8) is 0 Å². The third-order valence-electron chi connectivity index (χ3n) is 3.53. The van der Waals surface area contributed by atoms with Gasteiger partial charge in [0, 0.05) is 6.54 Å². The van der Waals surface area contributed by atoms with Gasteiger partial charge in [-0.05, 0) is 24.1 Å². The van der Waals surface area contributed by atoms with Gasteiger partial charge in [0.05, 0.1) is 23.0 Å². The van der Waals surface area contributed by atoms with Crippen molar-refractivity contribution in [2.24, 2.45) is 5.92 Å². The molecule has 23 heavy (non-hydrogen) atoms. The minimum absolute atomic E-state index is 0.0000406. The van der Waals surface area contributed by atoms with Crippen molar-refractivity contribution < 1.29 is 23.1 Å². The van der Waals surface area contributed by atoms with Crippen LogP contribution in [0, 0.1) is 5.92 Å². The molecule has 0 bridgehead atoms. The first kappa shape index (κ1) is 19.2. The number of rotatable bonds is 9. The third kappa shape index (κ3) is 6.02. The van der Waals surface area contributed by atoms with Crippen LogP contribution in [0.5, 0.6) is 0 Å². The fraction of sp³-hybridized carbons (Fsp3) is 0.500. The fourth-order valence-corrected chi connectivity index (χ4v) is 3.11. The van der Waals surface area contributed by atoms with E-state index in [1.54, 1.807) is 19.1 Å². The quantitative estimate of drug-likeness (QED) is 0.711. The zero-order valence-electron chi connectivity index (χ0n) is 13.4. The lowest BCUT2D eigenvalue weighted by atomic mass is 10.0. The van der Waals surface area contributed by atoms with Crippen LogP contribution >= 0.6 is 0 Å². The van der Waals surface area contributed by atoms with E-state index >= 15 is 0 Å². The Balaban J connectivity index is 2.68. The van der Waals surface area contributed by atoms with E-state index in [1.165, 1.54) is 12.1 Å². The predicted molar refractivity (Wildman–Crippen MR) is 86.9 cm³/mol. The first-order chi connectivity index (χ1) is 10.8. The summed E-state index contributed by atoms with van der Waals surface area (Å²) in [5.74, 6) is -1.85. The van der Waals surface area contributed by atoms with Crippen LogP contribution in [0.15, 0.2) is 29.2 Å². The summed E-state index contributed by atoms with van der Waals surface area (Å²) in [5.41, 5.74) is 0.583. The molecule has 0 saturated carbocycles. The maximum Gasteiger partial charge on any atom is 0.308 e. The number of hydrogen-bond acceptors (Lipinski definition) is 4. The zero-order chi connectivity index (χ0) is 17.5. The molecule has 0 radical (unpaired) electrons. The highest BCUT2D eigenvalue weighted by atomic mass is 32.2. The number of carboxylic acid groups (broad SMARTS) is 1. The summed E-state index contributed by atoms with van der Waals surface area (Å²) in [6, 6.07) is 6.26. The molecule has 0 aliphatic heterocycles. The average molecular weight is 341 g/mol. The molecule has 128 valence electrons. The molecular weight excluding hydrogens is 318 g/mol. The van der Waals surface area contributed by atoms with E-state index < -0.39 is 21.7 Å². The normalized spacial score (nSPS) is 12.6. The van der Waals surface area contributed by atoms with Gasteiger partial charge < -0.3 is 10.4 Å². The lowest BCUT2D eigenvalue weighted by Crippen LogP contribution is -2.33. The zero-order valence-corrected chi connectivity index (χ0v) is 14.2. The van der Waals surface area contributed by atoms with Gasteiger partial charge in [-0.15, -0.1) is 0 Å². The summed E-state index contributed by atoms with van der Waals surface area (Å²) >= 11 is 0. The summed E-state index contributed by atoms with van der Waals surface area (Å²) in [7, 11) is -3.31. The van der Waals surface area contributed by atoms with Crippen LogP contribution in [0.2, 0.25) is 0 Å². The molecule has 0 aliphatic rings. The molecule has 0 fully saturated rings. The minimum atomic E-state index is -3.31. The SMILES string of the molecule is CCCC(CNC(=O)Cc1cccc(S(=O)(=O)CC)c1)C(=O)O. The van der Waals surface area contributed by atoms with Crippen molar-refractivity contribution in [3.05, 3.63) is 29.8 Å². The Hall–Kier alpha value is -1.89. The maximum atomic E-state index is 11.9. The molecule has 0 heterocycles. The molecule has 0 aliphatic carbocycles. The first-order valence-corrected chi connectivity index (χ1v) is 9.26. The van der Waals surface area contributed by atoms with Crippen LogP contribution in [-0.4, -0.2) is 37.7 Å². The Bertz CT molecular complexity index is 654. The lowest BCUT2D eigenvalue weighted by molar-refractivity contribution is -0.141. The number of carboxylic acids is 1. The van der Waals surface area contributed by atoms with Gasteiger partial charge in [0.1, 0.15) is 0 Å². The smallest absolute Gasteiger partial charge is 0.308 e. The topological polar surface area (TPSA) is 101 Å². The number of carbonyl (C=O) groups is 2. The van der Waals surface area contributed by atoms with E-state index in [4.69, 9.17) is 5.11 Å². The van der Waals surface area contributed by atoms with Crippen molar-refractivity contribution in [1.29, 1.82) is 0 Å². The highest BCUT2D eigenvalue weighted by molar-refractivity contribution is 7.91. The number of sulfone groups is 1. The Kier molecular flexibility index (Phi) is 7.22. The van der Waals surface area contributed by atoms with Gasteiger partial charge in [-0.2, -0.15) is 0 Å². The molecule has 1 unspecified atom stereocenters. The number of amides is 1. The van der Waals surface area contributed by atoms with E-state index in [0.29, 0.717) is 12.0 Å². The summed E-state index contributed by atoms with van der Waals surface area (Å²) in [5, 5.41) is 11.6. The number of nitrogens with one attached hydrogen (secondary N) is 1. The molecule has 2 N–H and O–H groups in total. The molecule has 1 rings (SSSR count). The molecule has 1 aromatic carbocycles. The highest BCUT2D eigenvalue weighted by Crippen LogP contribution is 2.14. The Morgan fingerprint density at radius 3 is 2.52 bits per heavy atom. The maximum absolute atomic E-state index is 11.9. The van der Waals surface area contributed by atoms with Gasteiger partial charge in [0.25, 0.3) is 0 Å². The summed E-state index contributed by atoms with van der Waals surface area (Å²) < 4.78 is 23.7. The van der Waals surface area contributed by atoms with Crippen LogP contribution in [0.3, 0.4) is 0 Å². The number of benzene rings is 1. The van der Waals surface area contributed by atoms with Gasteiger partial charge in [-0.25, -0.2) is 8.42 Å². The summed E-state index contributed by atoms with van der Waals surface area (Å²) in [6.07, 6.45) is 1.25. The first-order valence-electron chi connectivity index (χ1n) is 7.61. The summed E-state index contributed by atoms with van der Waals surface area (Å²) in [4.78, 5) is 23.1. The van der Waals surface area contributed by atoms with Crippen LogP contribution in [0.25, 0.3) is 0 Å². The second-order valence-corrected chi connectivity index (χ2v) is 7.63. The predicted octanol–water partition coefficient (Wildman–Crippen LogP) is 1.64. The molecule has 7 heteroatoms. The fourth-order valence-electron chi connectivity index (χ4n) is 2.16. The van der Waals surface area contributed by atoms with Gasteiger partial charge in [0.15, 0.2) is 9.84 Å². The van der Waals surface area contributed by atoms with Crippen molar-refractivity contribution >= 4 is 21.7 Å². The molecule has 1 amide bonds. The van der Waals surface area contributed by atoms with E-state index in [1.807, 2.05) is 6.92 Å². The molecule has 0 saturated heterocycles. The molecule has 1 aromatic rings. The van der Waals surface area contributed by atoms with Crippen molar-refractivity contribution in [2.75, 3.05) is 12.3 Å². The van der Waals surface area contributed by atoms with Gasteiger partial charge >= 0.3 is 5.97 Å². The van der Waals surface area contributed by atoms with E-state index in [2.05, 4.69) is 5.32 Å². The minimum Gasteiger partial charge on any atom is -0.481 e. The summed E-state index contributed by atoms with van der Waals surface area (Å²) in [6.45, 7) is 3.53. The van der Waals surface area contributed by atoms with E-state index in [9.17, 15) is 18.0 Å². The number of carbonyl (C=O) groups excluding carboxylic acids is 1. The Labute approximate surface area is 136 Å². The van der Waals surface area contributed by atoms with Gasteiger partial charge in [0.2, 0.25) is 5.91 Å². The monoisotopic (exact) mass is 341 g/mol. The van der Waals surface area contributed by atoms with Crippen LogP contribution in [-0.2, 0) is 25.8 Å². The number of aliphatic carboxylic acids is 1. The second kappa shape index (κ2) is 8.67. The lowest BCUT2D eigenvalue weighted by Gasteiger charge is -2.12. The highest BCUT2D eigenvalue weighted by Gasteiger charge is 2.17. The third-order valence-corrected chi connectivity index (χ3v) is 5.27. The average Bonchev–Trinajstić information content (AvgIpc) is 2.51. The molecule has 0 spiro atoms. The van der Waals surface area contributed by atoms with Crippen molar-refractivity contribution in [1.82, 2.24) is 5.32 Å². The standard InChI is InChI=1S/C16H23NO5S/c1-3-6-13(16(19)20)11-17-15(18)10-12-7-5-8-14(9-12)23(21,22)4-2/h5,7-9,13H,3-4,6,10-11H2,1-2H3,(H,17,18)(H,19,20). The van der Waals surface area contributed by atoms with Crippen LogP contribution < -0.4 is 5.32 Å². The second-order valence-electron chi connectivity index (χ2n) is 5.36.